The lowest BCUT2D eigenvalue weighted by Gasteiger charge is -2.26. The summed E-state index contributed by atoms with van der Waals surface area (Å²) in [5, 5.41) is 9.84. The Morgan fingerprint density at radius 1 is 0.906 bits per heavy atom. The second-order valence-electron chi connectivity index (χ2n) is 9.82. The maximum absolute atomic E-state index is 12.2. The van der Waals surface area contributed by atoms with Gasteiger partial charge in [0, 0.05) is 31.1 Å². The van der Waals surface area contributed by atoms with E-state index in [0.29, 0.717) is 11.8 Å². The first kappa shape index (κ1) is 24.3. The normalized spacial score (nSPS) is 18.5. The van der Waals surface area contributed by atoms with Gasteiger partial charge in [-0.25, -0.2) is 4.79 Å². The standard InChI is InChI=1S/C28H41N3O/c1-6-7-16-29-28(32)31-25-17-26(30-18-25)27(23-12-8-21(9-13-23)19(2)3)24-14-10-22(11-15-24)20(4)5/h8-15,19-20,25-27,30H,6-7,16-18H2,1-5H3,(H2,29,31,32)/t25-,26-/m1/s1. The first-order valence-electron chi connectivity index (χ1n) is 12.4. The van der Waals surface area contributed by atoms with Gasteiger partial charge in [0.1, 0.15) is 0 Å². The minimum atomic E-state index is -0.0509. The minimum Gasteiger partial charge on any atom is -0.338 e. The number of unbranched alkanes of at least 4 members (excludes halogenated alkanes) is 1. The van der Waals surface area contributed by atoms with Crippen LogP contribution in [0.15, 0.2) is 48.5 Å². The Morgan fingerprint density at radius 2 is 1.41 bits per heavy atom. The summed E-state index contributed by atoms with van der Waals surface area (Å²) in [4.78, 5) is 12.2. The van der Waals surface area contributed by atoms with E-state index in [1.165, 1.54) is 22.3 Å². The number of hydrogen-bond acceptors (Lipinski definition) is 2. The molecule has 2 aromatic carbocycles. The molecule has 0 radical (unpaired) electrons. The van der Waals surface area contributed by atoms with Crippen molar-refractivity contribution in [2.75, 3.05) is 13.1 Å². The van der Waals surface area contributed by atoms with Gasteiger partial charge in [-0.15, -0.1) is 0 Å². The summed E-state index contributed by atoms with van der Waals surface area (Å²) in [7, 11) is 0. The van der Waals surface area contributed by atoms with Crippen LogP contribution in [0.4, 0.5) is 4.79 Å². The Balaban J connectivity index is 1.77. The molecule has 0 spiro atoms. The summed E-state index contributed by atoms with van der Waals surface area (Å²) in [6.07, 6.45) is 3.02. The van der Waals surface area contributed by atoms with Gasteiger partial charge in [-0.05, 0) is 46.9 Å². The molecule has 1 aliphatic heterocycles. The predicted octanol–water partition coefficient (Wildman–Crippen LogP) is 5.90. The number of amides is 2. The molecule has 1 saturated heterocycles. The third-order valence-corrected chi connectivity index (χ3v) is 6.64. The molecular formula is C28H41N3O. The fraction of sp³-hybridized carbons (Fsp3) is 0.536. The number of hydrogen-bond donors (Lipinski definition) is 3. The zero-order chi connectivity index (χ0) is 23.1. The first-order valence-corrected chi connectivity index (χ1v) is 12.4. The molecule has 0 aromatic heterocycles. The van der Waals surface area contributed by atoms with Gasteiger partial charge in [0.2, 0.25) is 0 Å². The van der Waals surface area contributed by atoms with Crippen LogP contribution in [-0.4, -0.2) is 31.2 Å². The van der Waals surface area contributed by atoms with Gasteiger partial charge in [0.15, 0.2) is 0 Å². The van der Waals surface area contributed by atoms with Crippen molar-refractivity contribution in [3.8, 4) is 0 Å². The Hall–Kier alpha value is -2.33. The fourth-order valence-electron chi connectivity index (χ4n) is 4.58. The summed E-state index contributed by atoms with van der Waals surface area (Å²) < 4.78 is 0. The first-order chi connectivity index (χ1) is 15.4. The second kappa shape index (κ2) is 11.5. The molecule has 1 fully saturated rings. The van der Waals surface area contributed by atoms with E-state index in [4.69, 9.17) is 0 Å². The topological polar surface area (TPSA) is 53.2 Å². The summed E-state index contributed by atoms with van der Waals surface area (Å²) in [5.74, 6) is 1.31. The Labute approximate surface area is 194 Å². The molecule has 2 aromatic rings. The van der Waals surface area contributed by atoms with Crippen LogP contribution in [0.3, 0.4) is 0 Å². The van der Waals surface area contributed by atoms with Gasteiger partial charge in [0.05, 0.1) is 0 Å². The maximum atomic E-state index is 12.2. The summed E-state index contributed by atoms with van der Waals surface area (Å²) in [6.45, 7) is 12.6. The van der Waals surface area contributed by atoms with Crippen LogP contribution in [0.25, 0.3) is 0 Å². The minimum absolute atomic E-state index is 0.0509. The zero-order valence-corrected chi connectivity index (χ0v) is 20.4. The number of benzene rings is 2. The largest absolute Gasteiger partial charge is 0.338 e. The molecular weight excluding hydrogens is 394 g/mol. The lowest BCUT2D eigenvalue weighted by Crippen LogP contribution is -2.43. The highest BCUT2D eigenvalue weighted by molar-refractivity contribution is 5.74. The van der Waals surface area contributed by atoms with Crippen molar-refractivity contribution < 1.29 is 4.79 Å². The van der Waals surface area contributed by atoms with Crippen molar-refractivity contribution in [2.45, 2.75) is 83.7 Å². The van der Waals surface area contributed by atoms with Gasteiger partial charge in [-0.2, -0.15) is 0 Å². The van der Waals surface area contributed by atoms with Crippen molar-refractivity contribution in [1.29, 1.82) is 0 Å². The van der Waals surface area contributed by atoms with Crippen LogP contribution in [-0.2, 0) is 0 Å². The average molecular weight is 436 g/mol. The molecule has 0 bridgehead atoms. The summed E-state index contributed by atoms with van der Waals surface area (Å²) in [6, 6.07) is 18.6. The van der Waals surface area contributed by atoms with E-state index in [1.807, 2.05) is 0 Å². The van der Waals surface area contributed by atoms with Gasteiger partial charge in [-0.3, -0.25) is 0 Å². The van der Waals surface area contributed by atoms with Gasteiger partial charge < -0.3 is 16.0 Å². The molecule has 174 valence electrons. The van der Waals surface area contributed by atoms with E-state index in [9.17, 15) is 4.79 Å². The SMILES string of the molecule is CCCCNC(=O)N[C@H]1CN[C@@H](C(c2ccc(C(C)C)cc2)c2ccc(C(C)C)cc2)C1. The maximum Gasteiger partial charge on any atom is 0.315 e. The van der Waals surface area contributed by atoms with Crippen LogP contribution >= 0.6 is 0 Å². The van der Waals surface area contributed by atoms with Crippen molar-refractivity contribution >= 4 is 6.03 Å². The highest BCUT2D eigenvalue weighted by atomic mass is 16.2. The van der Waals surface area contributed by atoms with E-state index in [2.05, 4.69) is 99.1 Å². The van der Waals surface area contributed by atoms with E-state index < -0.39 is 0 Å². The number of rotatable bonds is 9. The third kappa shape index (κ3) is 6.35. The zero-order valence-electron chi connectivity index (χ0n) is 20.4. The van der Waals surface area contributed by atoms with Crippen molar-refractivity contribution in [2.24, 2.45) is 0 Å². The average Bonchev–Trinajstić information content (AvgIpc) is 3.22. The van der Waals surface area contributed by atoms with Crippen LogP contribution in [0.2, 0.25) is 0 Å². The molecule has 1 aliphatic rings. The highest BCUT2D eigenvalue weighted by Crippen LogP contribution is 2.34. The van der Waals surface area contributed by atoms with Crippen molar-refractivity contribution in [3.63, 3.8) is 0 Å². The van der Waals surface area contributed by atoms with Crippen LogP contribution in [0, 0.1) is 0 Å². The van der Waals surface area contributed by atoms with E-state index in [-0.39, 0.29) is 24.0 Å². The van der Waals surface area contributed by atoms with Gasteiger partial charge in [0.25, 0.3) is 0 Å². The number of nitrogens with one attached hydrogen (secondary N) is 3. The van der Waals surface area contributed by atoms with Crippen LogP contribution in [0.1, 0.15) is 93.9 Å². The lowest BCUT2D eigenvalue weighted by molar-refractivity contribution is 0.237. The molecule has 2 amide bonds. The molecule has 4 nitrogen and oxygen atoms in total. The summed E-state index contributed by atoms with van der Waals surface area (Å²) >= 11 is 0. The second-order valence-corrected chi connectivity index (χ2v) is 9.82. The third-order valence-electron chi connectivity index (χ3n) is 6.64. The molecule has 3 N–H and O–H groups in total. The Bertz CT molecular complexity index is 790. The molecule has 4 heteroatoms. The lowest BCUT2D eigenvalue weighted by atomic mass is 9.82. The van der Waals surface area contributed by atoms with Crippen molar-refractivity contribution in [3.05, 3.63) is 70.8 Å². The fourth-order valence-corrected chi connectivity index (χ4v) is 4.58. The molecule has 32 heavy (non-hydrogen) atoms. The van der Waals surface area contributed by atoms with Gasteiger partial charge in [-0.1, -0.05) is 89.6 Å². The van der Waals surface area contributed by atoms with Crippen LogP contribution < -0.4 is 16.0 Å². The van der Waals surface area contributed by atoms with Crippen LogP contribution in [0.5, 0.6) is 0 Å². The molecule has 3 rings (SSSR count). The molecule has 2 atom stereocenters. The molecule has 0 unspecified atom stereocenters. The van der Waals surface area contributed by atoms with E-state index >= 15 is 0 Å². The molecule has 0 aliphatic carbocycles. The predicted molar refractivity (Wildman–Crippen MR) is 135 cm³/mol. The van der Waals surface area contributed by atoms with Crippen molar-refractivity contribution in [1.82, 2.24) is 16.0 Å². The number of carbonyl (C=O) groups is 1. The molecule has 0 saturated carbocycles. The summed E-state index contributed by atoms with van der Waals surface area (Å²) in [5.41, 5.74) is 5.39. The number of carbonyl (C=O) groups excluding carboxylic acids is 1. The van der Waals surface area contributed by atoms with E-state index in [1.54, 1.807) is 0 Å². The highest BCUT2D eigenvalue weighted by Gasteiger charge is 2.33. The van der Waals surface area contributed by atoms with E-state index in [0.717, 1.165) is 32.4 Å². The van der Waals surface area contributed by atoms with Gasteiger partial charge >= 0.3 is 6.03 Å². The quantitative estimate of drug-likeness (QED) is 0.430. The Kier molecular flexibility index (Phi) is 8.75. The number of urea groups is 1. The monoisotopic (exact) mass is 435 g/mol. The molecule has 1 heterocycles. The Morgan fingerprint density at radius 3 is 1.88 bits per heavy atom. The smallest absolute Gasteiger partial charge is 0.315 e.